The van der Waals surface area contributed by atoms with Gasteiger partial charge in [-0.15, -0.1) is 0 Å². The predicted molar refractivity (Wildman–Crippen MR) is 168 cm³/mol. The average molecular weight is 637 g/mol. The first kappa shape index (κ1) is 34.0. The zero-order chi connectivity index (χ0) is 32.2. The number of Topliss-reactive ketones (excluding diaryl/α,β-unsaturated/α-hetero) is 1. The molecule has 5 rings (SSSR count). The molecule has 4 saturated carbocycles. The number of aliphatic hydroxyl groups excluding tert-OH is 2. The second kappa shape index (κ2) is 12.3. The van der Waals surface area contributed by atoms with Crippen LogP contribution in [0.1, 0.15) is 111 Å². The van der Waals surface area contributed by atoms with Gasteiger partial charge in [-0.25, -0.2) is 17.2 Å². The lowest BCUT2D eigenvalue weighted by Gasteiger charge is -2.64. The molecule has 8 heteroatoms. The Morgan fingerprint density at radius 1 is 1.00 bits per heavy atom. The molecule has 0 spiro atoms. The lowest BCUT2D eigenvalue weighted by atomic mass is 9.41. The highest BCUT2D eigenvalue weighted by molar-refractivity contribution is 7.92. The van der Waals surface area contributed by atoms with E-state index in [1.165, 1.54) is 0 Å². The molecular formula is C36H54F2O5S. The van der Waals surface area contributed by atoms with Crippen molar-refractivity contribution < 1.29 is 32.2 Å². The van der Waals surface area contributed by atoms with Crippen molar-refractivity contribution in [3.05, 3.63) is 29.8 Å². The molecule has 0 bridgehead atoms. The Morgan fingerprint density at radius 3 is 2.27 bits per heavy atom. The molecule has 0 amide bonds. The first-order valence-electron chi connectivity index (χ1n) is 17.1. The number of sulfone groups is 1. The molecule has 2 N–H and O–H groups in total. The normalized spacial score (nSPS) is 39.7. The fourth-order valence-corrected chi connectivity index (χ4v) is 12.4. The van der Waals surface area contributed by atoms with Gasteiger partial charge in [0.2, 0.25) is 0 Å². The number of aliphatic hydroxyl groups is 2. The largest absolute Gasteiger partial charge is 0.393 e. The highest BCUT2D eigenvalue weighted by Crippen LogP contribution is 2.69. The highest BCUT2D eigenvalue weighted by Gasteiger charge is 2.64. The van der Waals surface area contributed by atoms with Gasteiger partial charge in [0.05, 0.1) is 17.1 Å². The van der Waals surface area contributed by atoms with E-state index in [9.17, 15) is 32.2 Å². The van der Waals surface area contributed by atoms with E-state index in [0.29, 0.717) is 41.9 Å². The van der Waals surface area contributed by atoms with Crippen molar-refractivity contribution in [2.24, 2.45) is 52.3 Å². The Bertz CT molecular complexity index is 1290. The molecule has 4 aliphatic rings. The molecule has 0 unspecified atom stereocenters. The third-order valence-corrected chi connectivity index (χ3v) is 15.0. The van der Waals surface area contributed by atoms with Crippen LogP contribution in [-0.4, -0.2) is 42.4 Å². The van der Waals surface area contributed by atoms with Crippen molar-refractivity contribution in [2.45, 2.75) is 128 Å². The van der Waals surface area contributed by atoms with Crippen LogP contribution in [0.5, 0.6) is 0 Å². The number of rotatable bonds is 10. The molecule has 11 atom stereocenters. The molecular weight excluding hydrogens is 582 g/mol. The quantitative estimate of drug-likeness (QED) is 0.276. The van der Waals surface area contributed by atoms with Gasteiger partial charge in [0.1, 0.15) is 11.5 Å². The number of carbonyl (C=O) groups excluding carboxylic acids is 1. The smallest absolute Gasteiger partial charge is 0.270 e. The van der Waals surface area contributed by atoms with Crippen LogP contribution in [0, 0.1) is 52.3 Å². The van der Waals surface area contributed by atoms with E-state index in [4.69, 9.17) is 0 Å². The molecule has 44 heavy (non-hydrogen) atoms. The van der Waals surface area contributed by atoms with Gasteiger partial charge in [-0.2, -0.15) is 0 Å². The van der Waals surface area contributed by atoms with Crippen molar-refractivity contribution in [1.29, 1.82) is 0 Å². The summed E-state index contributed by atoms with van der Waals surface area (Å²) in [5.74, 6) is -1.20. The van der Waals surface area contributed by atoms with Gasteiger partial charge in [-0.05, 0) is 116 Å². The molecule has 0 heterocycles. The topological polar surface area (TPSA) is 91.7 Å². The van der Waals surface area contributed by atoms with Gasteiger partial charge < -0.3 is 10.2 Å². The van der Waals surface area contributed by atoms with Crippen molar-refractivity contribution in [3.8, 4) is 0 Å². The Morgan fingerprint density at radius 2 is 1.64 bits per heavy atom. The summed E-state index contributed by atoms with van der Waals surface area (Å²) in [4.78, 5) is 12.6. The fourth-order valence-electron chi connectivity index (χ4n) is 11.1. The van der Waals surface area contributed by atoms with Crippen molar-refractivity contribution in [3.63, 3.8) is 0 Å². The number of ketones is 1. The summed E-state index contributed by atoms with van der Waals surface area (Å²) in [7, 11) is -3.89. The molecule has 0 radical (unpaired) electrons. The first-order valence-corrected chi connectivity index (χ1v) is 18.8. The van der Waals surface area contributed by atoms with E-state index in [1.807, 2.05) is 0 Å². The molecule has 1 aromatic rings. The summed E-state index contributed by atoms with van der Waals surface area (Å²) in [5, 5.41) is 22.5. The number of hydrogen-bond donors (Lipinski definition) is 2. The minimum absolute atomic E-state index is 0.104. The molecule has 1 aromatic carbocycles. The number of alkyl halides is 2. The summed E-state index contributed by atoms with van der Waals surface area (Å²) in [5.41, 5.74) is 0.0634. The standard InChI is InChI=1S/C36H54F2O5S/c1-6-27-31-20-24(39)16-18-35(31,4)30-17-19-34(3)28(14-15-29(34)32(30)33(27)41)22(2)8-7-9-25(40)21-44(42,43)26-12-10-23(11-13-26)36(5,37)38/h10-13,22,24,27-33,39,41H,6-9,14-21H2,1-5H3/t22-,24-,27-,28-,29+,30+,31+,32+,33-,34-,35-/m1/s1. The van der Waals surface area contributed by atoms with Crippen molar-refractivity contribution in [1.82, 2.24) is 0 Å². The summed E-state index contributed by atoms with van der Waals surface area (Å²) in [6, 6.07) is 4.53. The minimum Gasteiger partial charge on any atom is -0.393 e. The van der Waals surface area contributed by atoms with Gasteiger partial charge in [0, 0.05) is 18.9 Å². The number of carbonyl (C=O) groups is 1. The number of fused-ring (bicyclic) bond motifs is 5. The lowest BCUT2D eigenvalue weighted by molar-refractivity contribution is -0.203. The van der Waals surface area contributed by atoms with Crippen LogP contribution in [-0.2, 0) is 20.6 Å². The Labute approximate surface area is 263 Å². The molecule has 0 aliphatic heterocycles. The second-order valence-electron chi connectivity index (χ2n) is 15.7. The monoisotopic (exact) mass is 636 g/mol. The number of halogens is 2. The van der Waals surface area contributed by atoms with E-state index in [-0.39, 0.29) is 51.6 Å². The van der Waals surface area contributed by atoms with Gasteiger partial charge in [0.25, 0.3) is 5.92 Å². The van der Waals surface area contributed by atoms with Crippen LogP contribution in [0.25, 0.3) is 0 Å². The molecule has 4 aliphatic carbocycles. The minimum atomic E-state index is -3.89. The SMILES string of the molecule is CC[C@H]1[C@@H](O)[C@@H]2[C@H](CC[C@]3(C)[C@@H]([C@H](C)CCCC(=O)CS(=O)(=O)c4ccc(C(C)(F)F)cc4)CC[C@@H]23)[C@@]2(C)CC[C@@H](O)C[C@@H]12. The van der Waals surface area contributed by atoms with E-state index in [1.54, 1.807) is 0 Å². The predicted octanol–water partition coefficient (Wildman–Crippen LogP) is 7.57. The Hall–Kier alpha value is -1.38. The Kier molecular flexibility index (Phi) is 9.52. The average Bonchev–Trinajstić information content (AvgIpc) is 3.30. The summed E-state index contributed by atoms with van der Waals surface area (Å²) < 4.78 is 52.6. The maximum absolute atomic E-state index is 13.5. The molecule has 0 aromatic heterocycles. The van der Waals surface area contributed by atoms with Crippen LogP contribution in [0.2, 0.25) is 0 Å². The Balaban J connectivity index is 1.19. The molecule has 5 nitrogen and oxygen atoms in total. The zero-order valence-electron chi connectivity index (χ0n) is 27.3. The third kappa shape index (κ3) is 6.05. The van der Waals surface area contributed by atoms with Crippen LogP contribution < -0.4 is 0 Å². The highest BCUT2D eigenvalue weighted by atomic mass is 32.2. The summed E-state index contributed by atoms with van der Waals surface area (Å²) in [6.07, 6.45) is 9.34. The van der Waals surface area contributed by atoms with Crippen molar-refractivity contribution in [2.75, 3.05) is 5.75 Å². The van der Waals surface area contributed by atoms with Crippen LogP contribution in [0.4, 0.5) is 8.78 Å². The number of hydrogen-bond acceptors (Lipinski definition) is 5. The van der Waals surface area contributed by atoms with E-state index < -0.39 is 21.5 Å². The number of benzene rings is 1. The van der Waals surface area contributed by atoms with Gasteiger partial charge in [-0.1, -0.05) is 52.7 Å². The van der Waals surface area contributed by atoms with Crippen LogP contribution in [0.3, 0.4) is 0 Å². The maximum atomic E-state index is 13.5. The van der Waals surface area contributed by atoms with Crippen molar-refractivity contribution >= 4 is 15.6 Å². The molecule has 248 valence electrons. The van der Waals surface area contributed by atoms with E-state index >= 15 is 0 Å². The molecule has 4 fully saturated rings. The first-order chi connectivity index (χ1) is 20.5. The third-order valence-electron chi connectivity index (χ3n) is 13.3. The van der Waals surface area contributed by atoms with Gasteiger partial charge >= 0.3 is 0 Å². The van der Waals surface area contributed by atoms with E-state index in [0.717, 1.165) is 89.0 Å². The molecule has 0 saturated heterocycles. The van der Waals surface area contributed by atoms with Crippen LogP contribution >= 0.6 is 0 Å². The van der Waals surface area contributed by atoms with E-state index in [2.05, 4.69) is 27.7 Å². The maximum Gasteiger partial charge on any atom is 0.270 e. The second-order valence-corrected chi connectivity index (χ2v) is 17.7. The zero-order valence-corrected chi connectivity index (χ0v) is 28.1. The lowest BCUT2D eigenvalue weighted by Crippen LogP contribution is -2.62. The van der Waals surface area contributed by atoms with Crippen LogP contribution in [0.15, 0.2) is 29.2 Å². The van der Waals surface area contributed by atoms with Gasteiger partial charge in [-0.3, -0.25) is 4.79 Å². The fraction of sp³-hybridized carbons (Fsp3) is 0.806. The van der Waals surface area contributed by atoms with Gasteiger partial charge in [0.15, 0.2) is 9.84 Å². The summed E-state index contributed by atoms with van der Waals surface area (Å²) in [6.45, 7) is 10.2. The summed E-state index contributed by atoms with van der Waals surface area (Å²) >= 11 is 0.